The number of rotatable bonds is 3. The van der Waals surface area contributed by atoms with Gasteiger partial charge in [-0.2, -0.15) is 0 Å². The van der Waals surface area contributed by atoms with Gasteiger partial charge in [0.2, 0.25) is 5.91 Å². The predicted molar refractivity (Wildman–Crippen MR) is 49.0 cm³/mol. The Hall–Kier alpha value is -1.55. The number of nitrogens with two attached hydrogens (primary N) is 2. The zero-order chi connectivity index (χ0) is 9.84. The topological polar surface area (TPSA) is 89.3 Å². The van der Waals surface area contributed by atoms with E-state index in [0.717, 1.165) is 5.56 Å². The first kappa shape index (κ1) is 9.54. The molecule has 4 heteroatoms. The number of aromatic hydroxyl groups is 1. The number of hydrogen-bond donors (Lipinski definition) is 3. The Morgan fingerprint density at radius 3 is 2.38 bits per heavy atom. The number of amides is 1. The van der Waals surface area contributed by atoms with E-state index < -0.39 is 11.9 Å². The summed E-state index contributed by atoms with van der Waals surface area (Å²) < 4.78 is 0. The Kier molecular flexibility index (Phi) is 2.87. The lowest BCUT2D eigenvalue weighted by Crippen LogP contribution is -2.38. The maximum atomic E-state index is 10.6. The highest BCUT2D eigenvalue weighted by Crippen LogP contribution is 2.10. The number of carbonyl (C=O) groups excluding carboxylic acids is 1. The van der Waals surface area contributed by atoms with E-state index >= 15 is 0 Å². The maximum Gasteiger partial charge on any atom is 0.234 e. The molecule has 4 nitrogen and oxygen atoms in total. The first-order valence-corrected chi connectivity index (χ1v) is 3.92. The van der Waals surface area contributed by atoms with Gasteiger partial charge in [-0.25, -0.2) is 0 Å². The number of phenolic OH excluding ortho intramolecular Hbond substituents is 1. The Morgan fingerprint density at radius 2 is 1.92 bits per heavy atom. The van der Waals surface area contributed by atoms with Crippen molar-refractivity contribution in [1.29, 1.82) is 0 Å². The van der Waals surface area contributed by atoms with Crippen LogP contribution in [0.25, 0.3) is 0 Å². The van der Waals surface area contributed by atoms with Crippen molar-refractivity contribution in [1.82, 2.24) is 0 Å². The largest absolute Gasteiger partial charge is 0.508 e. The molecular weight excluding hydrogens is 168 g/mol. The standard InChI is InChI=1S/C9H12N2O2/c10-8(9(11)13)5-6-1-3-7(12)4-2-6/h1-4,8,12H,5,10H2,(H2,11,13). The fraction of sp³-hybridized carbons (Fsp3) is 0.222. The summed E-state index contributed by atoms with van der Waals surface area (Å²) in [5.74, 6) is -0.329. The lowest BCUT2D eigenvalue weighted by molar-refractivity contribution is -0.119. The zero-order valence-electron chi connectivity index (χ0n) is 7.10. The van der Waals surface area contributed by atoms with Crippen LogP contribution in [-0.4, -0.2) is 17.1 Å². The lowest BCUT2D eigenvalue weighted by atomic mass is 10.1. The summed E-state index contributed by atoms with van der Waals surface area (Å²) >= 11 is 0. The van der Waals surface area contributed by atoms with Crippen molar-refractivity contribution < 1.29 is 9.90 Å². The molecule has 0 aliphatic heterocycles. The summed E-state index contributed by atoms with van der Waals surface area (Å²) in [7, 11) is 0. The SMILES string of the molecule is NC(=O)C(N)Cc1ccc(O)cc1. The molecule has 0 radical (unpaired) electrons. The van der Waals surface area contributed by atoms with Crippen LogP contribution in [0.2, 0.25) is 0 Å². The molecule has 0 fully saturated rings. The van der Waals surface area contributed by atoms with E-state index in [1.807, 2.05) is 0 Å². The molecule has 0 aliphatic carbocycles. The number of benzene rings is 1. The Balaban J connectivity index is 2.64. The van der Waals surface area contributed by atoms with Crippen molar-refractivity contribution in [3.63, 3.8) is 0 Å². The first-order valence-electron chi connectivity index (χ1n) is 3.92. The van der Waals surface area contributed by atoms with E-state index in [1.54, 1.807) is 24.3 Å². The zero-order valence-corrected chi connectivity index (χ0v) is 7.10. The van der Waals surface area contributed by atoms with Gasteiger partial charge < -0.3 is 16.6 Å². The minimum absolute atomic E-state index is 0.191. The van der Waals surface area contributed by atoms with E-state index in [9.17, 15) is 4.79 Å². The van der Waals surface area contributed by atoms with Gasteiger partial charge in [0.1, 0.15) is 5.75 Å². The molecule has 70 valence electrons. The molecule has 0 aromatic heterocycles. The summed E-state index contributed by atoms with van der Waals surface area (Å²) in [6.45, 7) is 0. The van der Waals surface area contributed by atoms with Crippen LogP contribution in [0, 0.1) is 0 Å². The number of carbonyl (C=O) groups is 1. The van der Waals surface area contributed by atoms with Crippen LogP contribution < -0.4 is 11.5 Å². The minimum atomic E-state index is -0.662. The van der Waals surface area contributed by atoms with Gasteiger partial charge >= 0.3 is 0 Å². The summed E-state index contributed by atoms with van der Waals surface area (Å²) in [5.41, 5.74) is 11.3. The third-order valence-electron chi connectivity index (χ3n) is 1.76. The molecule has 0 heterocycles. The smallest absolute Gasteiger partial charge is 0.234 e. The van der Waals surface area contributed by atoms with E-state index in [4.69, 9.17) is 16.6 Å². The van der Waals surface area contributed by atoms with Gasteiger partial charge in [0.15, 0.2) is 0 Å². The molecular formula is C9H12N2O2. The molecule has 1 atom stereocenters. The summed E-state index contributed by atoms with van der Waals surface area (Å²) in [6.07, 6.45) is 0.398. The molecule has 0 bridgehead atoms. The third-order valence-corrected chi connectivity index (χ3v) is 1.76. The average molecular weight is 180 g/mol. The van der Waals surface area contributed by atoms with E-state index in [0.29, 0.717) is 6.42 Å². The molecule has 13 heavy (non-hydrogen) atoms. The van der Waals surface area contributed by atoms with Crippen LogP contribution in [0.3, 0.4) is 0 Å². The van der Waals surface area contributed by atoms with Crippen molar-refractivity contribution in [2.24, 2.45) is 11.5 Å². The minimum Gasteiger partial charge on any atom is -0.508 e. The van der Waals surface area contributed by atoms with Crippen molar-refractivity contribution >= 4 is 5.91 Å². The third kappa shape index (κ3) is 2.76. The molecule has 1 amide bonds. The van der Waals surface area contributed by atoms with E-state index in [2.05, 4.69) is 0 Å². The maximum absolute atomic E-state index is 10.6. The highest BCUT2D eigenvalue weighted by atomic mass is 16.3. The molecule has 0 saturated carbocycles. The molecule has 5 N–H and O–H groups in total. The van der Waals surface area contributed by atoms with Gasteiger partial charge in [0.25, 0.3) is 0 Å². The second-order valence-corrected chi connectivity index (χ2v) is 2.88. The second-order valence-electron chi connectivity index (χ2n) is 2.88. The highest BCUT2D eigenvalue weighted by Gasteiger charge is 2.09. The highest BCUT2D eigenvalue weighted by molar-refractivity contribution is 5.79. The number of primary amides is 1. The van der Waals surface area contributed by atoms with Crippen LogP contribution in [0.1, 0.15) is 5.56 Å². The molecule has 0 aliphatic rings. The van der Waals surface area contributed by atoms with Gasteiger partial charge in [0.05, 0.1) is 6.04 Å². The molecule has 1 aromatic carbocycles. The summed E-state index contributed by atoms with van der Waals surface area (Å²) in [6, 6.07) is 5.84. The fourth-order valence-electron chi connectivity index (χ4n) is 0.987. The number of hydrogen-bond acceptors (Lipinski definition) is 3. The van der Waals surface area contributed by atoms with Gasteiger partial charge in [-0.3, -0.25) is 4.79 Å². The van der Waals surface area contributed by atoms with Crippen molar-refractivity contribution in [2.75, 3.05) is 0 Å². The molecule has 0 saturated heterocycles. The van der Waals surface area contributed by atoms with Crippen LogP contribution >= 0.6 is 0 Å². The van der Waals surface area contributed by atoms with Crippen LogP contribution in [0.5, 0.6) is 5.75 Å². The summed E-state index contributed by atoms with van der Waals surface area (Å²) in [5, 5.41) is 8.98. The molecule has 0 spiro atoms. The van der Waals surface area contributed by atoms with Gasteiger partial charge in [-0.15, -0.1) is 0 Å². The van der Waals surface area contributed by atoms with Crippen LogP contribution in [-0.2, 0) is 11.2 Å². The number of phenols is 1. The Bertz CT molecular complexity index is 295. The van der Waals surface area contributed by atoms with E-state index in [1.165, 1.54) is 0 Å². The Labute approximate surface area is 76.2 Å². The van der Waals surface area contributed by atoms with Crippen molar-refractivity contribution in [2.45, 2.75) is 12.5 Å². The van der Waals surface area contributed by atoms with Crippen LogP contribution in [0.4, 0.5) is 0 Å². The van der Waals surface area contributed by atoms with Crippen LogP contribution in [0.15, 0.2) is 24.3 Å². The second kappa shape index (κ2) is 3.91. The first-order chi connectivity index (χ1) is 6.09. The quantitative estimate of drug-likeness (QED) is 0.599. The van der Waals surface area contributed by atoms with Crippen molar-refractivity contribution in [3.05, 3.63) is 29.8 Å². The molecule has 1 rings (SSSR count). The van der Waals surface area contributed by atoms with Gasteiger partial charge in [-0.1, -0.05) is 12.1 Å². The Morgan fingerprint density at radius 1 is 1.38 bits per heavy atom. The molecule has 1 unspecified atom stereocenters. The molecule has 1 aromatic rings. The fourth-order valence-corrected chi connectivity index (χ4v) is 0.987. The van der Waals surface area contributed by atoms with Gasteiger partial charge in [0, 0.05) is 0 Å². The predicted octanol–water partition coefficient (Wildman–Crippen LogP) is -0.253. The summed E-state index contributed by atoms with van der Waals surface area (Å²) in [4.78, 5) is 10.6. The normalized spacial score (nSPS) is 12.4. The average Bonchev–Trinajstić information content (AvgIpc) is 2.08. The van der Waals surface area contributed by atoms with Crippen molar-refractivity contribution in [3.8, 4) is 5.75 Å². The lowest BCUT2D eigenvalue weighted by Gasteiger charge is -2.06. The monoisotopic (exact) mass is 180 g/mol. The van der Waals surface area contributed by atoms with Gasteiger partial charge in [-0.05, 0) is 24.1 Å². The van der Waals surface area contributed by atoms with E-state index in [-0.39, 0.29) is 5.75 Å².